The average molecular weight is 423 g/mol. The Balaban J connectivity index is 1.40. The van der Waals surface area contributed by atoms with Crippen molar-refractivity contribution in [2.75, 3.05) is 41.3 Å². The Bertz CT molecular complexity index is 1170. The number of nitrogens with one attached hydrogen (secondary N) is 2. The number of piperazine rings is 1. The van der Waals surface area contributed by atoms with E-state index in [1.165, 1.54) is 6.07 Å². The molecule has 162 valence electrons. The minimum atomic E-state index is -0.510. The number of anilines is 3. The molecule has 8 nitrogen and oxygen atoms in total. The predicted octanol–water partition coefficient (Wildman–Crippen LogP) is 2.89. The molecule has 3 aromatic rings. The van der Waals surface area contributed by atoms with Gasteiger partial charge in [-0.2, -0.15) is 5.10 Å². The molecule has 0 saturated carbocycles. The third-order valence-electron chi connectivity index (χ3n) is 5.96. The fraction of sp³-hybridized carbons (Fsp3) is 0.409. The van der Waals surface area contributed by atoms with E-state index in [9.17, 15) is 9.18 Å². The summed E-state index contributed by atoms with van der Waals surface area (Å²) in [6.07, 6.45) is 4.26. The summed E-state index contributed by atoms with van der Waals surface area (Å²) >= 11 is 0. The van der Waals surface area contributed by atoms with Crippen molar-refractivity contribution in [1.29, 1.82) is 0 Å². The van der Waals surface area contributed by atoms with E-state index in [1.807, 2.05) is 6.07 Å². The van der Waals surface area contributed by atoms with E-state index in [4.69, 9.17) is 0 Å². The van der Waals surface area contributed by atoms with E-state index in [-0.39, 0.29) is 17.3 Å². The molecule has 31 heavy (non-hydrogen) atoms. The maximum Gasteiger partial charge on any atom is 0.327 e. The second-order valence-corrected chi connectivity index (χ2v) is 8.89. The average Bonchev–Trinajstić information content (AvgIpc) is 3.29. The Morgan fingerprint density at radius 1 is 1.29 bits per heavy atom. The molecule has 2 amide bonds. The van der Waals surface area contributed by atoms with E-state index in [0.717, 1.165) is 42.7 Å². The van der Waals surface area contributed by atoms with E-state index < -0.39 is 5.82 Å². The lowest BCUT2D eigenvalue weighted by atomic mass is 10.0. The number of hydrogen-bond donors (Lipinski definition) is 2. The monoisotopic (exact) mass is 423 g/mol. The van der Waals surface area contributed by atoms with Crippen LogP contribution in [0, 0.1) is 5.82 Å². The lowest BCUT2D eigenvalue weighted by Crippen LogP contribution is -2.57. The Hall–Kier alpha value is -3.20. The highest BCUT2D eigenvalue weighted by Crippen LogP contribution is 2.35. The number of pyridine rings is 1. The van der Waals surface area contributed by atoms with Gasteiger partial charge in [-0.15, -0.1) is 0 Å². The van der Waals surface area contributed by atoms with Gasteiger partial charge in [0.25, 0.3) is 0 Å². The molecule has 0 atom stereocenters. The number of nitrogens with zero attached hydrogens (tertiary/aromatic N) is 5. The van der Waals surface area contributed by atoms with Crippen molar-refractivity contribution < 1.29 is 9.18 Å². The lowest BCUT2D eigenvalue weighted by Gasteiger charge is -2.41. The van der Waals surface area contributed by atoms with Gasteiger partial charge in [-0.1, -0.05) is 0 Å². The van der Waals surface area contributed by atoms with Gasteiger partial charge in [0.2, 0.25) is 0 Å². The molecule has 0 radical (unpaired) electrons. The van der Waals surface area contributed by atoms with Crippen LogP contribution in [0.25, 0.3) is 10.9 Å². The SMILES string of the molecule is Cn1cc2cc(NC(=O)N3CCc4c(N5CCNC(C)(C)C5)ccnc43)c(F)cc2n1. The van der Waals surface area contributed by atoms with Crippen LogP contribution in [0.15, 0.2) is 30.6 Å². The molecule has 4 heterocycles. The molecule has 2 aromatic heterocycles. The van der Waals surface area contributed by atoms with Crippen LogP contribution in [0.3, 0.4) is 0 Å². The topological polar surface area (TPSA) is 78.3 Å². The summed E-state index contributed by atoms with van der Waals surface area (Å²) in [6, 6.07) is 4.59. The first-order chi connectivity index (χ1) is 14.8. The van der Waals surface area contributed by atoms with Crippen LogP contribution in [0.2, 0.25) is 0 Å². The van der Waals surface area contributed by atoms with Gasteiger partial charge >= 0.3 is 6.03 Å². The number of fused-ring (bicyclic) bond motifs is 2. The molecule has 0 aliphatic carbocycles. The highest BCUT2D eigenvalue weighted by molar-refractivity contribution is 6.04. The van der Waals surface area contributed by atoms with E-state index in [1.54, 1.807) is 35.1 Å². The zero-order valence-corrected chi connectivity index (χ0v) is 17.9. The minimum Gasteiger partial charge on any atom is -0.368 e. The van der Waals surface area contributed by atoms with Gasteiger partial charge in [-0.05, 0) is 32.4 Å². The van der Waals surface area contributed by atoms with Crippen molar-refractivity contribution in [3.63, 3.8) is 0 Å². The summed E-state index contributed by atoms with van der Waals surface area (Å²) in [7, 11) is 1.78. The third-order valence-corrected chi connectivity index (χ3v) is 5.96. The fourth-order valence-electron chi connectivity index (χ4n) is 4.56. The molecular formula is C22H26FN7O. The van der Waals surface area contributed by atoms with Gasteiger partial charge in [-0.25, -0.2) is 14.2 Å². The highest BCUT2D eigenvalue weighted by Gasteiger charge is 2.32. The minimum absolute atomic E-state index is 0.0204. The largest absolute Gasteiger partial charge is 0.368 e. The Morgan fingerprint density at radius 2 is 2.13 bits per heavy atom. The standard InChI is InChI=1S/C22H26FN7O/c1-22(2)13-29(9-7-25-22)19-4-6-24-20-15(19)5-8-30(20)21(31)26-18-10-14-12-28(3)27-17(14)11-16(18)23/h4,6,10-12,25H,5,7-9,13H2,1-3H3,(H,26,31). The summed E-state index contributed by atoms with van der Waals surface area (Å²) in [5, 5.41) is 11.2. The van der Waals surface area contributed by atoms with Gasteiger partial charge in [0, 0.05) is 73.9 Å². The first kappa shape index (κ1) is 19.7. The van der Waals surface area contributed by atoms with Crippen molar-refractivity contribution in [3.8, 4) is 0 Å². The van der Waals surface area contributed by atoms with Crippen molar-refractivity contribution >= 4 is 34.1 Å². The molecule has 1 fully saturated rings. The molecule has 2 aliphatic heterocycles. The van der Waals surface area contributed by atoms with E-state index in [0.29, 0.717) is 17.9 Å². The summed E-state index contributed by atoms with van der Waals surface area (Å²) in [6.45, 7) is 7.58. The predicted molar refractivity (Wildman–Crippen MR) is 119 cm³/mol. The number of benzene rings is 1. The third kappa shape index (κ3) is 3.59. The zero-order valence-electron chi connectivity index (χ0n) is 17.9. The van der Waals surface area contributed by atoms with Crippen LogP contribution in [-0.2, 0) is 13.5 Å². The van der Waals surface area contributed by atoms with Crippen molar-refractivity contribution in [3.05, 3.63) is 42.0 Å². The summed E-state index contributed by atoms with van der Waals surface area (Å²) < 4.78 is 16.2. The normalized spacial score (nSPS) is 17.8. The van der Waals surface area contributed by atoms with Crippen LogP contribution in [-0.4, -0.2) is 52.5 Å². The highest BCUT2D eigenvalue weighted by atomic mass is 19.1. The van der Waals surface area contributed by atoms with Crippen molar-refractivity contribution in [1.82, 2.24) is 20.1 Å². The summed E-state index contributed by atoms with van der Waals surface area (Å²) in [5.74, 6) is 0.137. The fourth-order valence-corrected chi connectivity index (χ4v) is 4.56. The van der Waals surface area contributed by atoms with Gasteiger partial charge < -0.3 is 15.5 Å². The van der Waals surface area contributed by atoms with Gasteiger partial charge in [0.05, 0.1) is 11.2 Å². The molecule has 0 spiro atoms. The molecule has 2 aliphatic rings. The van der Waals surface area contributed by atoms with Crippen LogP contribution in [0.4, 0.5) is 26.4 Å². The van der Waals surface area contributed by atoms with E-state index in [2.05, 4.69) is 39.5 Å². The lowest BCUT2D eigenvalue weighted by molar-refractivity contribution is 0.257. The van der Waals surface area contributed by atoms with Gasteiger partial charge in [-0.3, -0.25) is 9.58 Å². The van der Waals surface area contributed by atoms with Crippen LogP contribution < -0.4 is 20.4 Å². The summed E-state index contributed by atoms with van der Waals surface area (Å²) in [4.78, 5) is 21.5. The Morgan fingerprint density at radius 3 is 2.94 bits per heavy atom. The Kier molecular flexibility index (Phi) is 4.58. The second kappa shape index (κ2) is 7.19. The van der Waals surface area contributed by atoms with Crippen LogP contribution in [0.1, 0.15) is 19.4 Å². The summed E-state index contributed by atoms with van der Waals surface area (Å²) in [5.41, 5.74) is 2.90. The van der Waals surface area contributed by atoms with Crippen molar-refractivity contribution in [2.45, 2.75) is 25.8 Å². The molecule has 1 saturated heterocycles. The molecule has 0 bridgehead atoms. The van der Waals surface area contributed by atoms with E-state index >= 15 is 0 Å². The first-order valence-electron chi connectivity index (χ1n) is 10.5. The smallest absolute Gasteiger partial charge is 0.327 e. The maximum atomic E-state index is 14.5. The Labute approximate surface area is 180 Å². The number of carbonyl (C=O) groups excluding carboxylic acids is 1. The molecular weight excluding hydrogens is 397 g/mol. The number of urea groups is 1. The van der Waals surface area contributed by atoms with Gasteiger partial charge in [0.15, 0.2) is 0 Å². The second-order valence-electron chi connectivity index (χ2n) is 8.89. The maximum absolute atomic E-state index is 14.5. The van der Waals surface area contributed by atoms with Gasteiger partial charge in [0.1, 0.15) is 11.6 Å². The molecule has 9 heteroatoms. The molecule has 0 unspecified atom stereocenters. The molecule has 1 aromatic carbocycles. The number of aromatic nitrogens is 3. The zero-order chi connectivity index (χ0) is 21.8. The number of amides is 2. The van der Waals surface area contributed by atoms with Crippen LogP contribution in [0.5, 0.6) is 0 Å². The quantitative estimate of drug-likeness (QED) is 0.663. The first-order valence-corrected chi connectivity index (χ1v) is 10.5. The number of aryl methyl sites for hydroxylation is 1. The van der Waals surface area contributed by atoms with Crippen LogP contribution >= 0.6 is 0 Å². The number of halogens is 1. The number of rotatable bonds is 2. The molecule has 2 N–H and O–H groups in total. The molecule has 5 rings (SSSR count). The number of hydrogen-bond acceptors (Lipinski definition) is 5. The number of carbonyl (C=O) groups is 1. The van der Waals surface area contributed by atoms with Crippen molar-refractivity contribution in [2.24, 2.45) is 7.05 Å².